The average Bonchev–Trinajstić information content (AvgIpc) is 2.54. The van der Waals surface area contributed by atoms with Crippen LogP contribution in [0.1, 0.15) is 25.8 Å². The van der Waals surface area contributed by atoms with E-state index in [0.29, 0.717) is 31.6 Å². The molecule has 0 unspecified atom stereocenters. The molecule has 0 heterocycles. The molecule has 25 heavy (non-hydrogen) atoms. The summed E-state index contributed by atoms with van der Waals surface area (Å²) in [5, 5.41) is 5.94. The molecule has 0 aliphatic heterocycles. The molecule has 0 aromatic heterocycles. The van der Waals surface area contributed by atoms with Crippen molar-refractivity contribution in [3.8, 4) is 5.75 Å². The van der Waals surface area contributed by atoms with Crippen LogP contribution in [0.25, 0.3) is 0 Å². The number of ether oxygens (including phenoxy) is 2. The van der Waals surface area contributed by atoms with Crippen molar-refractivity contribution in [2.24, 2.45) is 10.9 Å². The number of guanidine groups is 1. The Labute approximate surface area is 146 Å². The lowest BCUT2D eigenvalue weighted by Gasteiger charge is -2.15. The van der Waals surface area contributed by atoms with E-state index in [1.54, 1.807) is 7.05 Å². The Balaban J connectivity index is 2.45. The number of alkyl halides is 2. The average molecular weight is 361 g/mol. The first kappa shape index (κ1) is 21.1. The lowest BCUT2D eigenvalue weighted by atomic mass is 10.2. The summed E-state index contributed by atoms with van der Waals surface area (Å²) in [6, 6.07) is 3.81. The van der Waals surface area contributed by atoms with Crippen molar-refractivity contribution in [3.63, 3.8) is 0 Å². The van der Waals surface area contributed by atoms with E-state index in [1.165, 1.54) is 18.2 Å². The van der Waals surface area contributed by atoms with Crippen LogP contribution in [0.4, 0.5) is 13.2 Å². The molecule has 0 fully saturated rings. The predicted molar refractivity (Wildman–Crippen MR) is 91.5 cm³/mol. The van der Waals surface area contributed by atoms with Gasteiger partial charge in [-0.25, -0.2) is 4.39 Å². The molecule has 2 N–H and O–H groups in total. The zero-order valence-corrected chi connectivity index (χ0v) is 14.8. The summed E-state index contributed by atoms with van der Waals surface area (Å²) in [7, 11) is 1.57. The third-order valence-corrected chi connectivity index (χ3v) is 3.16. The van der Waals surface area contributed by atoms with Gasteiger partial charge in [-0.05, 0) is 24.5 Å². The van der Waals surface area contributed by atoms with E-state index in [0.717, 1.165) is 6.42 Å². The minimum atomic E-state index is -3.01. The van der Waals surface area contributed by atoms with E-state index in [9.17, 15) is 13.2 Å². The van der Waals surface area contributed by atoms with Crippen LogP contribution >= 0.6 is 0 Å². The van der Waals surface area contributed by atoms with Crippen molar-refractivity contribution in [1.82, 2.24) is 10.6 Å². The summed E-state index contributed by atoms with van der Waals surface area (Å²) in [6.07, 6.45) is 0.785. The smallest absolute Gasteiger partial charge is 0.387 e. The van der Waals surface area contributed by atoms with Gasteiger partial charge >= 0.3 is 6.61 Å². The number of hydrogen-bond donors (Lipinski definition) is 2. The fourth-order valence-electron chi connectivity index (χ4n) is 2.01. The molecule has 0 saturated carbocycles. The normalized spacial score (nSPS) is 11.9. The van der Waals surface area contributed by atoms with Gasteiger partial charge in [0.2, 0.25) is 0 Å². The van der Waals surface area contributed by atoms with Crippen molar-refractivity contribution < 1.29 is 22.6 Å². The minimum absolute atomic E-state index is 0.0195. The van der Waals surface area contributed by atoms with Gasteiger partial charge in [-0.15, -0.1) is 0 Å². The first-order valence-corrected chi connectivity index (χ1v) is 8.18. The summed E-state index contributed by atoms with van der Waals surface area (Å²) in [5.74, 6) is 0.117. The molecule has 1 aromatic rings. The van der Waals surface area contributed by atoms with E-state index >= 15 is 0 Å². The molecule has 1 aromatic carbocycles. The quantitative estimate of drug-likeness (QED) is 0.382. The molecule has 1 rings (SSSR count). The number of benzene rings is 1. The summed E-state index contributed by atoms with van der Waals surface area (Å²) in [5.41, 5.74) is 0.0195. The minimum Gasteiger partial charge on any atom is -0.434 e. The second-order valence-electron chi connectivity index (χ2n) is 5.77. The Bertz CT molecular complexity index is 540. The monoisotopic (exact) mass is 361 g/mol. The van der Waals surface area contributed by atoms with E-state index in [4.69, 9.17) is 4.74 Å². The van der Waals surface area contributed by atoms with Gasteiger partial charge in [0.05, 0.1) is 0 Å². The van der Waals surface area contributed by atoms with Gasteiger partial charge in [0.15, 0.2) is 5.96 Å². The van der Waals surface area contributed by atoms with Crippen LogP contribution < -0.4 is 15.4 Å². The van der Waals surface area contributed by atoms with Crippen molar-refractivity contribution in [1.29, 1.82) is 0 Å². The largest absolute Gasteiger partial charge is 0.434 e. The SMILES string of the molecule is CN=C(NCCCOCC(C)C)NCc1c(F)cccc1OC(F)F. The van der Waals surface area contributed by atoms with E-state index in [1.807, 2.05) is 0 Å². The maximum Gasteiger partial charge on any atom is 0.387 e. The third kappa shape index (κ3) is 8.62. The number of hydrogen-bond acceptors (Lipinski definition) is 3. The van der Waals surface area contributed by atoms with Gasteiger partial charge in [-0.3, -0.25) is 4.99 Å². The van der Waals surface area contributed by atoms with Gasteiger partial charge < -0.3 is 20.1 Å². The summed E-state index contributed by atoms with van der Waals surface area (Å²) < 4.78 is 48.5. The molecule has 8 heteroatoms. The van der Waals surface area contributed by atoms with Gasteiger partial charge in [-0.2, -0.15) is 8.78 Å². The molecule has 0 aliphatic carbocycles. The highest BCUT2D eigenvalue weighted by Crippen LogP contribution is 2.23. The maximum absolute atomic E-state index is 13.9. The van der Waals surface area contributed by atoms with E-state index in [2.05, 4.69) is 34.2 Å². The zero-order chi connectivity index (χ0) is 18.7. The predicted octanol–water partition coefficient (Wildman–Crippen LogP) is 3.15. The molecule has 0 spiro atoms. The maximum atomic E-state index is 13.9. The molecule has 0 aliphatic rings. The molecule has 0 amide bonds. The van der Waals surface area contributed by atoms with E-state index in [-0.39, 0.29) is 17.9 Å². The summed E-state index contributed by atoms with van der Waals surface area (Å²) >= 11 is 0. The standard InChI is InChI=1S/C17H26F3N3O2/c1-12(2)11-24-9-5-8-22-17(21-3)23-10-13-14(18)6-4-7-15(13)25-16(19)20/h4,6-7,12,16H,5,8-11H2,1-3H3,(H2,21,22,23). The fourth-order valence-corrected chi connectivity index (χ4v) is 2.01. The number of rotatable bonds is 10. The number of nitrogens with zero attached hydrogens (tertiary/aromatic N) is 1. The highest BCUT2D eigenvalue weighted by Gasteiger charge is 2.14. The van der Waals surface area contributed by atoms with Crippen LogP contribution in [0.5, 0.6) is 5.75 Å². The van der Waals surface area contributed by atoms with Crippen LogP contribution in [-0.2, 0) is 11.3 Å². The summed E-state index contributed by atoms with van der Waals surface area (Å²) in [6.45, 7) is 3.09. The highest BCUT2D eigenvalue weighted by atomic mass is 19.3. The van der Waals surface area contributed by atoms with Crippen molar-refractivity contribution in [3.05, 3.63) is 29.6 Å². The molecule has 0 saturated heterocycles. The molecule has 0 atom stereocenters. The van der Waals surface area contributed by atoms with Crippen molar-refractivity contribution >= 4 is 5.96 Å². The molecule has 5 nitrogen and oxygen atoms in total. The van der Waals surface area contributed by atoms with Gasteiger partial charge in [0, 0.05) is 38.9 Å². The lowest BCUT2D eigenvalue weighted by molar-refractivity contribution is -0.0506. The highest BCUT2D eigenvalue weighted by molar-refractivity contribution is 5.79. The fraction of sp³-hybridized carbons (Fsp3) is 0.588. The van der Waals surface area contributed by atoms with Crippen molar-refractivity contribution in [2.45, 2.75) is 33.4 Å². The van der Waals surface area contributed by atoms with E-state index < -0.39 is 12.4 Å². The molecule has 0 bridgehead atoms. The Morgan fingerprint density at radius 3 is 2.64 bits per heavy atom. The molecular weight excluding hydrogens is 335 g/mol. The Morgan fingerprint density at radius 1 is 1.24 bits per heavy atom. The molecule has 0 radical (unpaired) electrons. The van der Waals surface area contributed by atoms with Crippen LogP contribution in [0.15, 0.2) is 23.2 Å². The van der Waals surface area contributed by atoms with Crippen LogP contribution in [-0.4, -0.2) is 39.4 Å². The first-order valence-electron chi connectivity index (χ1n) is 8.18. The van der Waals surface area contributed by atoms with Gasteiger partial charge in [-0.1, -0.05) is 19.9 Å². The number of halogens is 3. The lowest BCUT2D eigenvalue weighted by Crippen LogP contribution is -2.37. The number of aliphatic imine (C=N–C) groups is 1. The summed E-state index contributed by atoms with van der Waals surface area (Å²) in [4.78, 5) is 4.01. The number of nitrogens with one attached hydrogen (secondary N) is 2. The molecule has 142 valence electrons. The van der Waals surface area contributed by atoms with Crippen LogP contribution in [0, 0.1) is 11.7 Å². The topological polar surface area (TPSA) is 54.9 Å². The third-order valence-electron chi connectivity index (χ3n) is 3.16. The Kier molecular flexibility index (Phi) is 9.76. The second-order valence-corrected chi connectivity index (χ2v) is 5.77. The Hall–Kier alpha value is -1.96. The van der Waals surface area contributed by atoms with Gasteiger partial charge in [0.25, 0.3) is 0 Å². The van der Waals surface area contributed by atoms with Crippen molar-refractivity contribution in [2.75, 3.05) is 26.8 Å². The van der Waals surface area contributed by atoms with Gasteiger partial charge in [0.1, 0.15) is 11.6 Å². The zero-order valence-electron chi connectivity index (χ0n) is 14.8. The van der Waals surface area contributed by atoms with Crippen LogP contribution in [0.2, 0.25) is 0 Å². The second kappa shape index (κ2) is 11.6. The Morgan fingerprint density at radius 2 is 2.00 bits per heavy atom. The molecular formula is C17H26F3N3O2. The van der Waals surface area contributed by atoms with Crippen LogP contribution in [0.3, 0.4) is 0 Å². The first-order chi connectivity index (χ1) is 11.9.